The van der Waals surface area contributed by atoms with Crippen LogP contribution in [0.25, 0.3) is 10.8 Å². The van der Waals surface area contributed by atoms with Crippen molar-refractivity contribution < 1.29 is 14.6 Å². The Morgan fingerprint density at radius 3 is 2.81 bits per heavy atom. The first kappa shape index (κ1) is 17.6. The predicted octanol–water partition coefficient (Wildman–Crippen LogP) is 3.09. The van der Waals surface area contributed by atoms with Gasteiger partial charge in [-0.1, -0.05) is 12.1 Å². The van der Waals surface area contributed by atoms with Crippen molar-refractivity contribution in [3.05, 3.63) is 54.4 Å². The van der Waals surface area contributed by atoms with Crippen LogP contribution in [0.1, 0.15) is 10.4 Å². The van der Waals surface area contributed by atoms with Gasteiger partial charge < -0.3 is 20.1 Å². The second kappa shape index (κ2) is 7.79. The summed E-state index contributed by atoms with van der Waals surface area (Å²) in [6.07, 6.45) is 1.44. The summed E-state index contributed by atoms with van der Waals surface area (Å²) in [5, 5.41) is 13.9. The number of rotatable bonds is 7. The average molecular weight is 352 g/mol. The van der Waals surface area contributed by atoms with Crippen LogP contribution >= 0.6 is 0 Å². The molecule has 3 rings (SSSR count). The first-order valence-corrected chi connectivity index (χ1v) is 8.17. The van der Waals surface area contributed by atoms with E-state index in [2.05, 4.69) is 20.2 Å². The van der Waals surface area contributed by atoms with Crippen molar-refractivity contribution >= 4 is 22.6 Å². The molecule has 0 saturated heterocycles. The number of aromatic carboxylic acids is 1. The number of carboxylic acid groups (broad SMARTS) is 1. The molecule has 0 fully saturated rings. The molecule has 1 heterocycles. The molecule has 0 spiro atoms. The highest BCUT2D eigenvalue weighted by Crippen LogP contribution is 2.27. The van der Waals surface area contributed by atoms with Crippen LogP contribution in [0, 0.1) is 0 Å². The van der Waals surface area contributed by atoms with E-state index in [1.54, 1.807) is 36.4 Å². The summed E-state index contributed by atoms with van der Waals surface area (Å²) >= 11 is 0. The predicted molar refractivity (Wildman–Crippen MR) is 100 cm³/mol. The van der Waals surface area contributed by atoms with Crippen molar-refractivity contribution in [3.63, 3.8) is 0 Å². The van der Waals surface area contributed by atoms with E-state index in [1.165, 1.54) is 6.33 Å². The molecule has 0 bridgehead atoms. The topological polar surface area (TPSA) is 87.6 Å². The van der Waals surface area contributed by atoms with Crippen LogP contribution in [0.3, 0.4) is 0 Å². The van der Waals surface area contributed by atoms with Gasteiger partial charge in [-0.15, -0.1) is 0 Å². The molecule has 26 heavy (non-hydrogen) atoms. The summed E-state index contributed by atoms with van der Waals surface area (Å²) in [4.78, 5) is 21.7. The maximum Gasteiger partial charge on any atom is 0.336 e. The molecular formula is C19H20N4O3. The number of ether oxygens (including phenoxy) is 1. The third-order valence-electron chi connectivity index (χ3n) is 3.81. The van der Waals surface area contributed by atoms with E-state index < -0.39 is 5.97 Å². The number of anilines is 1. The van der Waals surface area contributed by atoms with Crippen LogP contribution in [0.5, 0.6) is 11.6 Å². The summed E-state index contributed by atoms with van der Waals surface area (Å²) in [5.41, 5.74) is 0.267. The molecule has 0 saturated carbocycles. The van der Waals surface area contributed by atoms with Gasteiger partial charge in [0.05, 0.1) is 5.56 Å². The van der Waals surface area contributed by atoms with Gasteiger partial charge in [-0.25, -0.2) is 14.8 Å². The Bertz CT molecular complexity index is 928. The lowest BCUT2D eigenvalue weighted by molar-refractivity contribution is 0.0699. The maximum atomic E-state index is 11.3. The molecule has 3 aromatic rings. The molecule has 7 nitrogen and oxygen atoms in total. The van der Waals surface area contributed by atoms with Crippen LogP contribution < -0.4 is 10.1 Å². The molecule has 0 aliphatic carbocycles. The number of hydrogen-bond donors (Lipinski definition) is 2. The first-order valence-electron chi connectivity index (χ1n) is 8.17. The number of carboxylic acids is 1. The molecule has 0 aliphatic rings. The van der Waals surface area contributed by atoms with Gasteiger partial charge in [0.1, 0.15) is 17.9 Å². The summed E-state index contributed by atoms with van der Waals surface area (Å²) in [5.74, 6) is 0.735. The van der Waals surface area contributed by atoms with E-state index in [4.69, 9.17) is 4.74 Å². The number of carbonyl (C=O) groups is 1. The van der Waals surface area contributed by atoms with Crippen LogP contribution in [0.2, 0.25) is 0 Å². The number of aromatic nitrogens is 2. The molecule has 0 aliphatic heterocycles. The molecule has 7 heteroatoms. The Labute approximate surface area is 151 Å². The Morgan fingerprint density at radius 1 is 1.19 bits per heavy atom. The Hall–Kier alpha value is -3.19. The van der Waals surface area contributed by atoms with E-state index in [-0.39, 0.29) is 5.56 Å². The normalized spacial score (nSPS) is 10.9. The summed E-state index contributed by atoms with van der Waals surface area (Å²) in [7, 11) is 4.01. The molecule has 0 unspecified atom stereocenters. The molecule has 1 aromatic heterocycles. The van der Waals surface area contributed by atoms with Crippen LogP contribution in [0.15, 0.2) is 48.8 Å². The zero-order valence-corrected chi connectivity index (χ0v) is 14.6. The SMILES string of the molecule is CN(C)CCNc1cc(Oc2ccc3c(C(=O)O)cccc3c2)ncn1. The number of nitrogens with zero attached hydrogens (tertiary/aromatic N) is 3. The number of benzene rings is 2. The number of hydrogen-bond acceptors (Lipinski definition) is 6. The molecule has 0 atom stereocenters. The third-order valence-corrected chi connectivity index (χ3v) is 3.81. The van der Waals surface area contributed by atoms with Gasteiger partial charge in [0.15, 0.2) is 0 Å². The highest BCUT2D eigenvalue weighted by Gasteiger charge is 2.09. The number of fused-ring (bicyclic) bond motifs is 1. The number of likely N-dealkylation sites (N-methyl/N-ethyl adjacent to an activating group) is 1. The van der Waals surface area contributed by atoms with E-state index >= 15 is 0 Å². The van der Waals surface area contributed by atoms with Crippen molar-refractivity contribution in [1.29, 1.82) is 0 Å². The average Bonchev–Trinajstić information content (AvgIpc) is 2.61. The number of nitrogens with one attached hydrogen (secondary N) is 1. The zero-order chi connectivity index (χ0) is 18.5. The maximum absolute atomic E-state index is 11.3. The fourth-order valence-electron chi connectivity index (χ4n) is 2.53. The summed E-state index contributed by atoms with van der Waals surface area (Å²) in [6, 6.07) is 12.1. The van der Waals surface area contributed by atoms with Gasteiger partial charge in [-0.2, -0.15) is 0 Å². The second-order valence-corrected chi connectivity index (χ2v) is 6.07. The van der Waals surface area contributed by atoms with Gasteiger partial charge in [0.25, 0.3) is 0 Å². The van der Waals surface area contributed by atoms with E-state index in [1.807, 2.05) is 20.2 Å². The fraction of sp³-hybridized carbons (Fsp3) is 0.211. The van der Waals surface area contributed by atoms with Gasteiger partial charge in [0.2, 0.25) is 5.88 Å². The van der Waals surface area contributed by atoms with Crippen molar-refractivity contribution in [3.8, 4) is 11.6 Å². The summed E-state index contributed by atoms with van der Waals surface area (Å²) < 4.78 is 5.81. The lowest BCUT2D eigenvalue weighted by Crippen LogP contribution is -2.21. The molecule has 0 radical (unpaired) electrons. The Kier molecular flexibility index (Phi) is 5.28. The molecule has 134 valence electrons. The molecule has 2 N–H and O–H groups in total. The van der Waals surface area contributed by atoms with Crippen molar-refractivity contribution in [2.75, 3.05) is 32.5 Å². The quantitative estimate of drug-likeness (QED) is 0.675. The van der Waals surface area contributed by atoms with Crippen molar-refractivity contribution in [2.24, 2.45) is 0 Å². The highest BCUT2D eigenvalue weighted by atomic mass is 16.5. The van der Waals surface area contributed by atoms with Gasteiger partial charge in [0, 0.05) is 19.2 Å². The molecule has 0 amide bonds. The largest absolute Gasteiger partial charge is 0.478 e. The van der Waals surface area contributed by atoms with Crippen molar-refractivity contribution in [2.45, 2.75) is 0 Å². The van der Waals surface area contributed by atoms with Crippen LogP contribution in [-0.4, -0.2) is 53.1 Å². The first-order chi connectivity index (χ1) is 12.5. The third kappa shape index (κ3) is 4.25. The van der Waals surface area contributed by atoms with Gasteiger partial charge in [-0.3, -0.25) is 0 Å². The van der Waals surface area contributed by atoms with E-state index in [0.717, 1.165) is 18.5 Å². The van der Waals surface area contributed by atoms with Crippen molar-refractivity contribution in [1.82, 2.24) is 14.9 Å². The highest BCUT2D eigenvalue weighted by molar-refractivity contribution is 6.03. The standard InChI is InChI=1S/C19H20N4O3/c1-23(2)9-8-20-17-11-18(22-12-21-17)26-14-6-7-15-13(10-14)4-3-5-16(15)19(24)25/h3-7,10-12H,8-9H2,1-2H3,(H,24,25)(H,20,21,22). The van der Waals surface area contributed by atoms with E-state index in [0.29, 0.717) is 22.8 Å². The minimum atomic E-state index is -0.950. The lowest BCUT2D eigenvalue weighted by atomic mass is 10.0. The van der Waals surface area contributed by atoms with Crippen LogP contribution in [-0.2, 0) is 0 Å². The monoisotopic (exact) mass is 352 g/mol. The summed E-state index contributed by atoms with van der Waals surface area (Å²) in [6.45, 7) is 1.65. The fourth-order valence-corrected chi connectivity index (χ4v) is 2.53. The van der Waals surface area contributed by atoms with Gasteiger partial charge >= 0.3 is 5.97 Å². The molecular weight excluding hydrogens is 332 g/mol. The minimum absolute atomic E-state index is 0.267. The molecule has 2 aromatic carbocycles. The second-order valence-electron chi connectivity index (χ2n) is 6.07. The van der Waals surface area contributed by atoms with Gasteiger partial charge in [-0.05, 0) is 49.1 Å². The Morgan fingerprint density at radius 2 is 2.04 bits per heavy atom. The smallest absolute Gasteiger partial charge is 0.336 e. The zero-order valence-electron chi connectivity index (χ0n) is 14.6. The van der Waals surface area contributed by atoms with Crippen LogP contribution in [0.4, 0.5) is 5.82 Å². The minimum Gasteiger partial charge on any atom is -0.478 e. The lowest BCUT2D eigenvalue weighted by Gasteiger charge is -2.11. The Balaban J connectivity index is 1.77. The van der Waals surface area contributed by atoms with E-state index in [9.17, 15) is 9.90 Å².